The summed E-state index contributed by atoms with van der Waals surface area (Å²) in [5.74, 6) is 1.94. The van der Waals surface area contributed by atoms with Gasteiger partial charge in [-0.25, -0.2) is 0 Å². The molecular weight excluding hydrogens is 438 g/mol. The summed E-state index contributed by atoms with van der Waals surface area (Å²) in [6.45, 7) is 2.74. The standard InChI is InChI=1S/C25H30ClN5O2/c1-3-17-10-7-11-19(14-17)27-23-29-24(28-20-12-13-22(32-2)21(26)15-20)31-25(30-23)33-16-18-8-5-4-6-9-18/h7,10-15,18H,3-6,8-9,16H2,1-2H3,(H2,27,28,29,30,31). The summed E-state index contributed by atoms with van der Waals surface area (Å²) in [5.41, 5.74) is 2.88. The minimum Gasteiger partial charge on any atom is -0.495 e. The van der Waals surface area contributed by atoms with Crippen LogP contribution in [0.25, 0.3) is 0 Å². The first-order valence-electron chi connectivity index (χ1n) is 11.5. The highest BCUT2D eigenvalue weighted by Gasteiger charge is 2.16. The number of nitrogens with zero attached hydrogens (tertiary/aromatic N) is 3. The minimum absolute atomic E-state index is 0.298. The number of aromatic nitrogens is 3. The molecule has 0 bridgehead atoms. The van der Waals surface area contributed by atoms with Gasteiger partial charge in [-0.3, -0.25) is 0 Å². The summed E-state index contributed by atoms with van der Waals surface area (Å²) in [5, 5.41) is 6.99. The Kier molecular flexibility index (Phi) is 7.83. The van der Waals surface area contributed by atoms with Crippen molar-refractivity contribution in [2.75, 3.05) is 24.4 Å². The summed E-state index contributed by atoms with van der Waals surface area (Å²) in [7, 11) is 1.59. The molecule has 0 aliphatic heterocycles. The van der Waals surface area contributed by atoms with Crippen molar-refractivity contribution < 1.29 is 9.47 Å². The molecule has 4 rings (SSSR count). The normalized spacial score (nSPS) is 14.0. The minimum atomic E-state index is 0.298. The van der Waals surface area contributed by atoms with Crippen LogP contribution in [0.2, 0.25) is 5.02 Å². The third kappa shape index (κ3) is 6.48. The van der Waals surface area contributed by atoms with Gasteiger partial charge < -0.3 is 20.1 Å². The lowest BCUT2D eigenvalue weighted by Crippen LogP contribution is -2.17. The highest BCUT2D eigenvalue weighted by molar-refractivity contribution is 6.32. The molecule has 0 spiro atoms. The molecule has 3 aromatic rings. The quantitative estimate of drug-likeness (QED) is 0.369. The second-order valence-corrected chi connectivity index (χ2v) is 8.64. The third-order valence-electron chi connectivity index (χ3n) is 5.79. The number of nitrogens with one attached hydrogen (secondary N) is 2. The number of anilines is 4. The van der Waals surface area contributed by atoms with E-state index in [9.17, 15) is 0 Å². The van der Waals surface area contributed by atoms with Crippen molar-refractivity contribution in [2.45, 2.75) is 45.4 Å². The van der Waals surface area contributed by atoms with Crippen molar-refractivity contribution in [2.24, 2.45) is 5.92 Å². The summed E-state index contributed by atoms with van der Waals surface area (Å²) in [6, 6.07) is 13.9. The van der Waals surface area contributed by atoms with Gasteiger partial charge in [0.15, 0.2) is 0 Å². The highest BCUT2D eigenvalue weighted by atomic mass is 35.5. The first kappa shape index (κ1) is 23.1. The maximum absolute atomic E-state index is 6.27. The van der Waals surface area contributed by atoms with Gasteiger partial charge in [-0.05, 0) is 61.1 Å². The predicted octanol–water partition coefficient (Wildman–Crippen LogP) is 6.54. The molecule has 8 heteroatoms. The van der Waals surface area contributed by atoms with E-state index in [2.05, 4.69) is 44.6 Å². The van der Waals surface area contributed by atoms with Crippen LogP contribution in [0.1, 0.15) is 44.6 Å². The smallest absolute Gasteiger partial charge is 0.323 e. The molecule has 1 aliphatic rings. The van der Waals surface area contributed by atoms with Gasteiger partial charge in [-0.1, -0.05) is 49.9 Å². The SMILES string of the molecule is CCc1cccc(Nc2nc(Nc3ccc(OC)c(Cl)c3)nc(OCC3CCCCC3)n2)c1. The van der Waals surface area contributed by atoms with Crippen LogP contribution < -0.4 is 20.1 Å². The zero-order valence-electron chi connectivity index (χ0n) is 19.1. The van der Waals surface area contributed by atoms with Crippen molar-refractivity contribution in [1.29, 1.82) is 0 Å². The topological polar surface area (TPSA) is 81.2 Å². The molecule has 2 N–H and O–H groups in total. The van der Waals surface area contributed by atoms with E-state index in [0.717, 1.165) is 17.8 Å². The second kappa shape index (κ2) is 11.2. The van der Waals surface area contributed by atoms with E-state index >= 15 is 0 Å². The van der Waals surface area contributed by atoms with Crippen LogP contribution in [0, 0.1) is 5.92 Å². The molecule has 0 saturated heterocycles. The van der Waals surface area contributed by atoms with E-state index in [-0.39, 0.29) is 0 Å². The van der Waals surface area contributed by atoms with E-state index in [1.807, 2.05) is 18.2 Å². The van der Waals surface area contributed by atoms with Crippen LogP contribution in [-0.4, -0.2) is 28.7 Å². The average Bonchev–Trinajstić information content (AvgIpc) is 2.83. The molecule has 7 nitrogen and oxygen atoms in total. The van der Waals surface area contributed by atoms with E-state index in [1.165, 1.54) is 37.7 Å². The monoisotopic (exact) mass is 467 g/mol. The van der Waals surface area contributed by atoms with Crippen molar-refractivity contribution in [1.82, 2.24) is 15.0 Å². The lowest BCUT2D eigenvalue weighted by atomic mass is 9.90. The van der Waals surface area contributed by atoms with Crippen molar-refractivity contribution in [3.05, 3.63) is 53.1 Å². The molecule has 1 saturated carbocycles. The number of ether oxygens (including phenoxy) is 2. The Morgan fingerprint density at radius 3 is 2.33 bits per heavy atom. The number of benzene rings is 2. The van der Waals surface area contributed by atoms with E-state index in [1.54, 1.807) is 19.2 Å². The van der Waals surface area contributed by atoms with Crippen LogP contribution in [0.5, 0.6) is 11.8 Å². The summed E-state index contributed by atoms with van der Waals surface area (Å²) >= 11 is 6.27. The van der Waals surface area contributed by atoms with Gasteiger partial charge >= 0.3 is 6.01 Å². The van der Waals surface area contributed by atoms with E-state index < -0.39 is 0 Å². The first-order valence-corrected chi connectivity index (χ1v) is 11.9. The molecule has 1 fully saturated rings. The van der Waals surface area contributed by atoms with Crippen LogP contribution in [0.4, 0.5) is 23.3 Å². The summed E-state index contributed by atoms with van der Waals surface area (Å²) in [4.78, 5) is 13.6. The van der Waals surface area contributed by atoms with Crippen LogP contribution >= 0.6 is 11.6 Å². The number of halogens is 1. The number of hydrogen-bond donors (Lipinski definition) is 2. The molecule has 0 unspecified atom stereocenters. The summed E-state index contributed by atoms with van der Waals surface area (Å²) in [6.07, 6.45) is 7.16. The Balaban J connectivity index is 1.56. The van der Waals surface area contributed by atoms with Gasteiger partial charge in [-0.15, -0.1) is 0 Å². The van der Waals surface area contributed by atoms with Gasteiger partial charge in [0, 0.05) is 11.4 Å². The molecule has 174 valence electrons. The molecule has 1 aromatic heterocycles. The Hall–Kier alpha value is -3.06. The summed E-state index contributed by atoms with van der Waals surface area (Å²) < 4.78 is 11.3. The fraction of sp³-hybridized carbons (Fsp3) is 0.400. The number of aryl methyl sites for hydroxylation is 1. The van der Waals surface area contributed by atoms with Crippen LogP contribution in [-0.2, 0) is 6.42 Å². The molecule has 1 heterocycles. The molecule has 0 atom stereocenters. The predicted molar refractivity (Wildman–Crippen MR) is 132 cm³/mol. The van der Waals surface area contributed by atoms with Gasteiger partial charge in [0.1, 0.15) is 5.75 Å². The van der Waals surface area contributed by atoms with Crippen molar-refractivity contribution in [3.8, 4) is 11.8 Å². The van der Waals surface area contributed by atoms with Crippen LogP contribution in [0.3, 0.4) is 0 Å². The maximum Gasteiger partial charge on any atom is 0.323 e. The molecule has 33 heavy (non-hydrogen) atoms. The van der Waals surface area contributed by atoms with E-state index in [4.69, 9.17) is 21.1 Å². The first-order chi connectivity index (χ1) is 16.1. The second-order valence-electron chi connectivity index (χ2n) is 8.23. The number of methoxy groups -OCH3 is 1. The molecule has 2 aromatic carbocycles. The molecular formula is C25H30ClN5O2. The number of rotatable bonds is 9. The molecule has 1 aliphatic carbocycles. The largest absolute Gasteiger partial charge is 0.495 e. The lowest BCUT2D eigenvalue weighted by Gasteiger charge is -2.21. The lowest BCUT2D eigenvalue weighted by molar-refractivity contribution is 0.196. The Morgan fingerprint density at radius 2 is 1.67 bits per heavy atom. The van der Waals surface area contributed by atoms with Gasteiger partial charge in [0.2, 0.25) is 11.9 Å². The highest BCUT2D eigenvalue weighted by Crippen LogP contribution is 2.29. The Labute approximate surface area is 199 Å². The van der Waals surface area contributed by atoms with Crippen LogP contribution in [0.15, 0.2) is 42.5 Å². The van der Waals surface area contributed by atoms with Gasteiger partial charge in [-0.2, -0.15) is 15.0 Å². The zero-order chi connectivity index (χ0) is 23.0. The maximum atomic E-state index is 6.27. The fourth-order valence-corrected chi connectivity index (χ4v) is 4.21. The number of hydrogen-bond acceptors (Lipinski definition) is 7. The van der Waals surface area contributed by atoms with Gasteiger partial charge in [0.25, 0.3) is 0 Å². The van der Waals surface area contributed by atoms with Crippen molar-refractivity contribution in [3.63, 3.8) is 0 Å². The van der Waals surface area contributed by atoms with E-state index in [0.29, 0.717) is 41.2 Å². The average molecular weight is 468 g/mol. The molecule has 0 radical (unpaired) electrons. The van der Waals surface area contributed by atoms with Gasteiger partial charge in [0.05, 0.1) is 18.7 Å². The zero-order valence-corrected chi connectivity index (χ0v) is 19.9. The fourth-order valence-electron chi connectivity index (χ4n) is 3.95. The Morgan fingerprint density at radius 1 is 0.939 bits per heavy atom. The third-order valence-corrected chi connectivity index (χ3v) is 6.08. The Bertz CT molecular complexity index is 1070. The van der Waals surface area contributed by atoms with Crippen molar-refractivity contribution >= 4 is 34.9 Å². The molecule has 0 amide bonds.